The lowest BCUT2D eigenvalue weighted by Gasteiger charge is -2.32. The van der Waals surface area contributed by atoms with Gasteiger partial charge >= 0.3 is 5.69 Å². The second kappa shape index (κ2) is 7.67. The highest BCUT2D eigenvalue weighted by Gasteiger charge is 2.24. The molecule has 0 bridgehead atoms. The number of hydrogen-bond acceptors (Lipinski definition) is 4. The van der Waals surface area contributed by atoms with Crippen molar-refractivity contribution in [1.82, 2.24) is 29.2 Å². The summed E-state index contributed by atoms with van der Waals surface area (Å²) < 4.78 is 3.15. The van der Waals surface area contributed by atoms with Crippen LogP contribution >= 0.6 is 0 Å². The van der Waals surface area contributed by atoms with E-state index in [9.17, 15) is 9.59 Å². The van der Waals surface area contributed by atoms with E-state index in [0.717, 1.165) is 43.9 Å². The summed E-state index contributed by atoms with van der Waals surface area (Å²) in [4.78, 5) is 33.3. The number of H-pyrrole nitrogens is 1. The predicted molar refractivity (Wildman–Crippen MR) is 93.1 cm³/mol. The Balaban J connectivity index is 1.49. The molecule has 8 nitrogen and oxygen atoms in total. The van der Waals surface area contributed by atoms with Crippen LogP contribution in [0.1, 0.15) is 37.7 Å². The number of aryl methyl sites for hydroxylation is 2. The Labute approximate surface area is 146 Å². The third kappa shape index (κ3) is 4.00. The van der Waals surface area contributed by atoms with Crippen LogP contribution in [-0.4, -0.2) is 48.2 Å². The molecule has 0 radical (unpaired) electrons. The van der Waals surface area contributed by atoms with E-state index < -0.39 is 0 Å². The van der Waals surface area contributed by atoms with Crippen molar-refractivity contribution >= 4 is 5.91 Å². The molecule has 136 valence electrons. The average Bonchev–Trinajstić information content (AvgIpc) is 3.22. The van der Waals surface area contributed by atoms with Gasteiger partial charge in [-0.05, 0) is 32.1 Å². The van der Waals surface area contributed by atoms with Crippen LogP contribution in [0.3, 0.4) is 0 Å². The molecule has 2 aromatic heterocycles. The van der Waals surface area contributed by atoms with E-state index in [2.05, 4.69) is 15.1 Å². The van der Waals surface area contributed by atoms with Crippen LogP contribution in [0.25, 0.3) is 0 Å². The minimum absolute atomic E-state index is 0.0519. The fourth-order valence-corrected chi connectivity index (χ4v) is 3.49. The molecule has 8 heteroatoms. The molecule has 0 aliphatic carbocycles. The normalized spacial score (nSPS) is 15.7. The second-order valence-electron chi connectivity index (χ2n) is 6.67. The Hall–Kier alpha value is -2.38. The average molecular weight is 346 g/mol. The summed E-state index contributed by atoms with van der Waals surface area (Å²) in [5.74, 6) is 1.54. The highest BCUT2D eigenvalue weighted by molar-refractivity contribution is 5.76. The van der Waals surface area contributed by atoms with Crippen LogP contribution < -0.4 is 5.69 Å². The van der Waals surface area contributed by atoms with Gasteiger partial charge in [-0.25, -0.2) is 14.5 Å². The minimum Gasteiger partial charge on any atom is -0.348 e. The molecule has 0 aromatic carbocycles. The van der Waals surface area contributed by atoms with Crippen LogP contribution in [0, 0.1) is 5.92 Å². The van der Waals surface area contributed by atoms with Gasteiger partial charge in [-0.15, -0.1) is 0 Å². The van der Waals surface area contributed by atoms with Gasteiger partial charge in [0.05, 0.1) is 6.33 Å². The van der Waals surface area contributed by atoms with Crippen molar-refractivity contribution in [3.05, 3.63) is 34.5 Å². The standard InChI is InChI=1S/C17H26N6O2/c1-3-23-15(20-21(2)17(23)25)10-13-6-8-22(9-7-13)16(24)5-4-14-11-18-12-19-14/h11-13H,3-10H2,1-2H3,(H,18,19). The Bertz CT molecular complexity index is 753. The van der Waals surface area contributed by atoms with Gasteiger partial charge in [0.15, 0.2) is 0 Å². The number of imidazole rings is 1. The summed E-state index contributed by atoms with van der Waals surface area (Å²) in [5, 5.41) is 4.36. The Morgan fingerprint density at radius 2 is 2.12 bits per heavy atom. The number of rotatable bonds is 6. The molecule has 1 N–H and O–H groups in total. The number of nitrogens with zero attached hydrogens (tertiary/aromatic N) is 5. The first-order chi connectivity index (χ1) is 12.1. The molecule has 0 spiro atoms. The first kappa shape index (κ1) is 17.4. The van der Waals surface area contributed by atoms with Crippen LogP contribution in [0.15, 0.2) is 17.3 Å². The number of amides is 1. The summed E-state index contributed by atoms with van der Waals surface area (Å²) >= 11 is 0. The molecule has 1 aliphatic rings. The maximum Gasteiger partial charge on any atom is 0.345 e. The second-order valence-corrected chi connectivity index (χ2v) is 6.67. The zero-order valence-corrected chi connectivity index (χ0v) is 14.9. The Kier molecular flexibility index (Phi) is 5.35. The van der Waals surface area contributed by atoms with E-state index in [-0.39, 0.29) is 11.6 Å². The van der Waals surface area contributed by atoms with Gasteiger partial charge in [0.1, 0.15) is 5.82 Å². The van der Waals surface area contributed by atoms with Gasteiger partial charge in [-0.3, -0.25) is 9.36 Å². The summed E-state index contributed by atoms with van der Waals surface area (Å²) in [7, 11) is 1.69. The number of nitrogens with one attached hydrogen (secondary N) is 1. The summed E-state index contributed by atoms with van der Waals surface area (Å²) in [6.07, 6.45) is 7.35. The molecule has 25 heavy (non-hydrogen) atoms. The first-order valence-corrected chi connectivity index (χ1v) is 8.96. The molecule has 0 atom stereocenters. The van der Waals surface area contributed by atoms with Crippen molar-refractivity contribution in [1.29, 1.82) is 0 Å². The number of carbonyl (C=O) groups is 1. The summed E-state index contributed by atoms with van der Waals surface area (Å²) in [6.45, 7) is 4.19. The third-order valence-electron chi connectivity index (χ3n) is 5.00. The predicted octanol–water partition coefficient (Wildman–Crippen LogP) is 0.739. The first-order valence-electron chi connectivity index (χ1n) is 8.96. The monoisotopic (exact) mass is 346 g/mol. The molecular formula is C17H26N6O2. The van der Waals surface area contributed by atoms with E-state index in [1.54, 1.807) is 24.1 Å². The highest BCUT2D eigenvalue weighted by atomic mass is 16.2. The maximum absolute atomic E-state index is 12.3. The van der Waals surface area contributed by atoms with Crippen molar-refractivity contribution in [2.75, 3.05) is 13.1 Å². The van der Waals surface area contributed by atoms with E-state index in [0.29, 0.717) is 25.3 Å². The molecule has 0 saturated carbocycles. The molecule has 3 rings (SSSR count). The summed E-state index contributed by atoms with van der Waals surface area (Å²) in [6, 6.07) is 0. The Morgan fingerprint density at radius 3 is 2.76 bits per heavy atom. The van der Waals surface area contributed by atoms with Gasteiger partial charge < -0.3 is 9.88 Å². The number of aromatic nitrogens is 5. The van der Waals surface area contributed by atoms with Crippen molar-refractivity contribution in [3.63, 3.8) is 0 Å². The van der Waals surface area contributed by atoms with Gasteiger partial charge in [0.2, 0.25) is 5.91 Å². The minimum atomic E-state index is -0.0519. The van der Waals surface area contributed by atoms with Gasteiger partial charge in [-0.2, -0.15) is 5.10 Å². The molecule has 1 saturated heterocycles. The lowest BCUT2D eigenvalue weighted by molar-refractivity contribution is -0.132. The fraction of sp³-hybridized carbons (Fsp3) is 0.647. The van der Waals surface area contributed by atoms with E-state index in [4.69, 9.17) is 0 Å². The molecular weight excluding hydrogens is 320 g/mol. The van der Waals surface area contributed by atoms with E-state index >= 15 is 0 Å². The largest absolute Gasteiger partial charge is 0.348 e. The summed E-state index contributed by atoms with van der Waals surface area (Å²) in [5.41, 5.74) is 0.944. The van der Waals surface area contributed by atoms with Gasteiger partial charge in [0, 0.05) is 51.4 Å². The molecule has 2 aromatic rings. The van der Waals surface area contributed by atoms with Crippen LogP contribution in [0.2, 0.25) is 0 Å². The molecule has 3 heterocycles. The zero-order chi connectivity index (χ0) is 17.8. The lowest BCUT2D eigenvalue weighted by atomic mass is 9.93. The quantitative estimate of drug-likeness (QED) is 0.835. The number of likely N-dealkylation sites (tertiary alicyclic amines) is 1. The SMILES string of the molecule is CCn1c(CC2CCN(C(=O)CCc3cnc[nH]3)CC2)nn(C)c1=O. The number of carbonyl (C=O) groups excluding carboxylic acids is 1. The van der Waals surface area contributed by atoms with Crippen molar-refractivity contribution in [2.45, 2.75) is 45.6 Å². The lowest BCUT2D eigenvalue weighted by Crippen LogP contribution is -2.39. The number of piperidine rings is 1. The third-order valence-corrected chi connectivity index (χ3v) is 5.00. The molecule has 1 fully saturated rings. The highest BCUT2D eigenvalue weighted by Crippen LogP contribution is 2.21. The van der Waals surface area contributed by atoms with Crippen molar-refractivity contribution in [3.8, 4) is 0 Å². The fourth-order valence-electron chi connectivity index (χ4n) is 3.49. The molecule has 1 amide bonds. The van der Waals surface area contributed by atoms with Crippen molar-refractivity contribution < 1.29 is 4.79 Å². The van der Waals surface area contributed by atoms with Crippen molar-refractivity contribution in [2.24, 2.45) is 13.0 Å². The number of hydrogen-bond donors (Lipinski definition) is 1. The maximum atomic E-state index is 12.3. The van der Waals surface area contributed by atoms with Crippen LogP contribution in [-0.2, 0) is 31.2 Å². The Morgan fingerprint density at radius 1 is 1.36 bits per heavy atom. The van der Waals surface area contributed by atoms with E-state index in [1.165, 1.54) is 4.68 Å². The van der Waals surface area contributed by atoms with Crippen LogP contribution in [0.5, 0.6) is 0 Å². The van der Waals surface area contributed by atoms with Crippen LogP contribution in [0.4, 0.5) is 0 Å². The van der Waals surface area contributed by atoms with Gasteiger partial charge in [0.25, 0.3) is 0 Å². The zero-order valence-electron chi connectivity index (χ0n) is 14.9. The number of aromatic amines is 1. The topological polar surface area (TPSA) is 88.8 Å². The smallest absolute Gasteiger partial charge is 0.345 e. The molecule has 1 aliphatic heterocycles. The molecule has 0 unspecified atom stereocenters. The van der Waals surface area contributed by atoms with Gasteiger partial charge in [-0.1, -0.05) is 0 Å². The van der Waals surface area contributed by atoms with E-state index in [1.807, 2.05) is 11.8 Å².